The maximum absolute atomic E-state index is 5.44. The lowest BCUT2D eigenvalue weighted by molar-refractivity contribution is 0.122. The van der Waals surface area contributed by atoms with Crippen molar-refractivity contribution in [3.8, 4) is 0 Å². The molecule has 23 heavy (non-hydrogen) atoms. The predicted octanol–water partition coefficient (Wildman–Crippen LogP) is 5.23. The first kappa shape index (κ1) is 20.4. The fourth-order valence-corrected chi connectivity index (χ4v) is 4.73. The molecule has 0 spiro atoms. The summed E-state index contributed by atoms with van der Waals surface area (Å²) >= 11 is 0. The minimum atomic E-state index is -2.34. The Labute approximate surface area is 143 Å². The SMILES string of the molecule is CO[Si](CCCCCCCCCCc1ccccc1)(OC)OC. The number of aryl methyl sites for hydroxylation is 1. The zero-order chi connectivity index (χ0) is 16.8. The Bertz CT molecular complexity index is 371. The van der Waals surface area contributed by atoms with Crippen LogP contribution in [0.2, 0.25) is 6.04 Å². The lowest BCUT2D eigenvalue weighted by Crippen LogP contribution is -2.42. The van der Waals surface area contributed by atoms with E-state index in [9.17, 15) is 0 Å². The number of unbranched alkanes of at least 4 members (excludes halogenated alkanes) is 7. The van der Waals surface area contributed by atoms with E-state index in [1.807, 2.05) is 0 Å². The first-order valence-corrected chi connectivity index (χ1v) is 10.9. The van der Waals surface area contributed by atoms with Crippen molar-refractivity contribution in [2.75, 3.05) is 21.3 Å². The first-order valence-electron chi connectivity index (χ1n) is 8.95. The Balaban J connectivity index is 1.92. The van der Waals surface area contributed by atoms with Crippen molar-refractivity contribution in [3.05, 3.63) is 35.9 Å². The highest BCUT2D eigenvalue weighted by atomic mass is 28.4. The Morgan fingerprint density at radius 3 is 1.65 bits per heavy atom. The molecule has 0 aliphatic heterocycles. The van der Waals surface area contributed by atoms with E-state index < -0.39 is 8.80 Å². The van der Waals surface area contributed by atoms with Gasteiger partial charge in [-0.1, -0.05) is 68.9 Å². The fraction of sp³-hybridized carbons (Fsp3) is 0.684. The summed E-state index contributed by atoms with van der Waals surface area (Å²) in [6, 6.07) is 11.7. The van der Waals surface area contributed by atoms with Gasteiger partial charge in [-0.05, 0) is 24.8 Å². The van der Waals surface area contributed by atoms with Crippen LogP contribution in [0.25, 0.3) is 0 Å². The van der Waals surface area contributed by atoms with Crippen LogP contribution in [0.15, 0.2) is 30.3 Å². The second-order valence-corrected chi connectivity index (χ2v) is 9.20. The van der Waals surface area contributed by atoms with E-state index in [2.05, 4.69) is 30.3 Å². The van der Waals surface area contributed by atoms with E-state index in [-0.39, 0.29) is 0 Å². The molecule has 1 aromatic rings. The van der Waals surface area contributed by atoms with Crippen LogP contribution in [-0.2, 0) is 19.7 Å². The summed E-state index contributed by atoms with van der Waals surface area (Å²) in [6.45, 7) is 0. The number of hydrogen-bond acceptors (Lipinski definition) is 3. The molecule has 3 nitrogen and oxygen atoms in total. The van der Waals surface area contributed by atoms with Crippen molar-refractivity contribution in [1.29, 1.82) is 0 Å². The van der Waals surface area contributed by atoms with Gasteiger partial charge in [0.2, 0.25) is 0 Å². The van der Waals surface area contributed by atoms with Crippen molar-refractivity contribution in [2.45, 2.75) is 63.8 Å². The van der Waals surface area contributed by atoms with Gasteiger partial charge in [-0.25, -0.2) is 0 Å². The van der Waals surface area contributed by atoms with Crippen LogP contribution >= 0.6 is 0 Å². The third-order valence-electron chi connectivity index (χ3n) is 4.47. The van der Waals surface area contributed by atoms with E-state index in [0.717, 1.165) is 12.5 Å². The minimum Gasteiger partial charge on any atom is -0.377 e. The minimum absolute atomic E-state index is 0.924. The summed E-state index contributed by atoms with van der Waals surface area (Å²) in [5, 5.41) is 0. The second-order valence-electron chi connectivity index (χ2n) is 6.11. The Hall–Kier alpha value is -0.683. The maximum atomic E-state index is 5.44. The van der Waals surface area contributed by atoms with Gasteiger partial charge in [-0.2, -0.15) is 0 Å². The third-order valence-corrected chi connectivity index (χ3v) is 7.31. The van der Waals surface area contributed by atoms with E-state index in [1.54, 1.807) is 21.3 Å². The van der Waals surface area contributed by atoms with Crippen LogP contribution < -0.4 is 0 Å². The molecule has 0 bridgehead atoms. The number of benzene rings is 1. The second kappa shape index (κ2) is 12.7. The van der Waals surface area contributed by atoms with Gasteiger partial charge in [0.1, 0.15) is 0 Å². The molecule has 0 aliphatic rings. The van der Waals surface area contributed by atoms with Crippen molar-refractivity contribution < 1.29 is 13.3 Å². The normalized spacial score (nSPS) is 11.8. The molecule has 1 aromatic carbocycles. The Morgan fingerprint density at radius 2 is 1.13 bits per heavy atom. The monoisotopic (exact) mass is 338 g/mol. The van der Waals surface area contributed by atoms with Crippen molar-refractivity contribution in [1.82, 2.24) is 0 Å². The van der Waals surface area contributed by atoms with Crippen LogP contribution in [0.3, 0.4) is 0 Å². The summed E-state index contributed by atoms with van der Waals surface area (Å²) in [4.78, 5) is 0. The third kappa shape index (κ3) is 8.65. The van der Waals surface area contributed by atoms with Gasteiger partial charge < -0.3 is 13.3 Å². The van der Waals surface area contributed by atoms with Crippen molar-refractivity contribution in [3.63, 3.8) is 0 Å². The quantitative estimate of drug-likeness (QED) is 0.343. The summed E-state index contributed by atoms with van der Waals surface area (Å²) < 4.78 is 16.3. The number of rotatable bonds is 14. The molecule has 0 aliphatic carbocycles. The molecule has 0 unspecified atom stereocenters. The van der Waals surface area contributed by atoms with Crippen molar-refractivity contribution in [2.24, 2.45) is 0 Å². The Kier molecular flexibility index (Phi) is 11.2. The lowest BCUT2D eigenvalue weighted by Gasteiger charge is -2.24. The molecular weight excluding hydrogens is 304 g/mol. The molecule has 0 N–H and O–H groups in total. The molecule has 0 heterocycles. The topological polar surface area (TPSA) is 27.7 Å². The van der Waals surface area contributed by atoms with Gasteiger partial charge in [0.15, 0.2) is 0 Å². The van der Waals surface area contributed by atoms with Crippen LogP contribution in [0, 0.1) is 0 Å². The summed E-state index contributed by atoms with van der Waals surface area (Å²) in [5.74, 6) is 0. The molecule has 132 valence electrons. The standard InChI is InChI=1S/C19H34O3Si/c1-20-23(21-2,22-3)18-14-9-7-5-4-6-8-11-15-19-16-12-10-13-17-19/h10,12-13,16-17H,4-9,11,14-15,18H2,1-3H3. The van der Waals surface area contributed by atoms with E-state index >= 15 is 0 Å². The van der Waals surface area contributed by atoms with Gasteiger partial charge in [0, 0.05) is 27.4 Å². The average Bonchev–Trinajstić information content (AvgIpc) is 2.61. The highest BCUT2D eigenvalue weighted by Gasteiger charge is 2.36. The van der Waals surface area contributed by atoms with E-state index in [0.29, 0.717) is 0 Å². The molecule has 1 rings (SSSR count). The lowest BCUT2D eigenvalue weighted by atomic mass is 10.0. The summed E-state index contributed by atoms with van der Waals surface area (Å²) in [6.07, 6.45) is 11.6. The summed E-state index contributed by atoms with van der Waals surface area (Å²) in [7, 11) is 2.73. The first-order chi connectivity index (χ1) is 11.3. The van der Waals surface area contributed by atoms with Gasteiger partial charge in [0.25, 0.3) is 0 Å². The highest BCUT2D eigenvalue weighted by Crippen LogP contribution is 2.18. The van der Waals surface area contributed by atoms with E-state index in [1.165, 1.54) is 56.9 Å². The smallest absolute Gasteiger partial charge is 0.377 e. The molecular formula is C19H34O3Si. The van der Waals surface area contributed by atoms with Crippen LogP contribution in [0.5, 0.6) is 0 Å². The van der Waals surface area contributed by atoms with Crippen LogP contribution in [0.1, 0.15) is 56.9 Å². The zero-order valence-corrected chi connectivity index (χ0v) is 16.2. The molecule has 0 saturated heterocycles. The fourth-order valence-electron chi connectivity index (χ4n) is 2.93. The molecule has 0 saturated carbocycles. The molecule has 0 fully saturated rings. The van der Waals surface area contributed by atoms with Gasteiger partial charge in [0.05, 0.1) is 0 Å². The van der Waals surface area contributed by atoms with E-state index in [4.69, 9.17) is 13.3 Å². The average molecular weight is 339 g/mol. The molecule has 4 heteroatoms. The zero-order valence-electron chi connectivity index (χ0n) is 15.2. The largest absolute Gasteiger partial charge is 0.500 e. The number of hydrogen-bond donors (Lipinski definition) is 0. The summed E-state index contributed by atoms with van der Waals surface area (Å²) in [5.41, 5.74) is 1.47. The van der Waals surface area contributed by atoms with Crippen LogP contribution in [0.4, 0.5) is 0 Å². The molecule has 0 aromatic heterocycles. The predicted molar refractivity (Wildman–Crippen MR) is 98.7 cm³/mol. The van der Waals surface area contributed by atoms with Gasteiger partial charge in [-0.15, -0.1) is 0 Å². The Morgan fingerprint density at radius 1 is 0.652 bits per heavy atom. The van der Waals surface area contributed by atoms with Crippen LogP contribution in [-0.4, -0.2) is 30.1 Å². The maximum Gasteiger partial charge on any atom is 0.500 e. The van der Waals surface area contributed by atoms with Gasteiger partial charge >= 0.3 is 8.80 Å². The molecule has 0 atom stereocenters. The molecule has 0 amide bonds. The van der Waals surface area contributed by atoms with Gasteiger partial charge in [-0.3, -0.25) is 0 Å². The molecule has 0 radical (unpaired) electrons. The highest BCUT2D eigenvalue weighted by molar-refractivity contribution is 6.60. The van der Waals surface area contributed by atoms with Crippen molar-refractivity contribution >= 4 is 8.80 Å².